The normalized spacial score (nSPS) is 11.6. The Balaban J connectivity index is 0.000000141. The van der Waals surface area contributed by atoms with E-state index in [1.807, 2.05) is 54.6 Å². The molecule has 0 aliphatic heterocycles. The molecule has 0 spiro atoms. The van der Waals surface area contributed by atoms with Gasteiger partial charge in [0.05, 0.1) is 11.0 Å². The smallest absolute Gasteiger partial charge is 0.238 e. The summed E-state index contributed by atoms with van der Waals surface area (Å²) in [4.78, 5) is 31.9. The standard InChI is InChI=1S/2C51H32N4O/c1-4-15-33(16-5-1)36-21-12-23-38(31-36)49-52-50(39-24-13-22-37(32-39)34-17-6-2-7-18-34)54-51(53-49)55-46-40(35-19-8-3-9-20-35)26-14-27-42(46)43-29-30-44-41-25-10-11-28-45(41)56-48(44)47(43)55;1-4-14-33(15-5-1)36-20-12-22-39(30-36)49-52-50(40-23-13-21-37(31-40)34-16-6-2-7-17-34)54-51(53-49)55-45-32-38(35-18-8-3-9-19-35)26-27-41(45)43-28-29-44-42-24-10-11-25-46(42)56-48(44)47(43)55/h2*1-32H. The molecule has 0 radical (unpaired) electrons. The first-order valence-corrected chi connectivity index (χ1v) is 37.5. The van der Waals surface area contributed by atoms with E-state index in [2.05, 4.69) is 343 Å². The van der Waals surface area contributed by atoms with Gasteiger partial charge in [-0.3, -0.25) is 9.13 Å². The lowest BCUT2D eigenvalue weighted by molar-refractivity contribution is 0.670. The maximum atomic E-state index is 6.77. The Hall–Kier alpha value is -15.3. The van der Waals surface area contributed by atoms with Crippen molar-refractivity contribution in [1.29, 1.82) is 0 Å². The Morgan fingerprint density at radius 1 is 0.179 bits per heavy atom. The Morgan fingerprint density at radius 3 is 0.875 bits per heavy atom. The fourth-order valence-electron chi connectivity index (χ4n) is 16.0. The van der Waals surface area contributed by atoms with Gasteiger partial charge >= 0.3 is 0 Å². The van der Waals surface area contributed by atoms with Crippen LogP contribution in [-0.2, 0) is 0 Å². The van der Waals surface area contributed by atoms with Crippen LogP contribution in [0.5, 0.6) is 0 Å². The van der Waals surface area contributed by atoms with Crippen molar-refractivity contribution in [2.75, 3.05) is 0 Å². The van der Waals surface area contributed by atoms with Crippen LogP contribution >= 0.6 is 0 Å². The molecular weight excluding hydrogens is 1370 g/mol. The monoisotopic (exact) mass is 1430 g/mol. The number of fused-ring (bicyclic) bond motifs is 14. The second-order valence-electron chi connectivity index (χ2n) is 28.1. The molecule has 10 nitrogen and oxygen atoms in total. The SMILES string of the molecule is c1ccc(-c2cccc(-c3nc(-c4cccc(-c5ccccc5)c4)nc(-n4c5c(-c6ccccc6)cccc5c5ccc6c7ccccc7oc6c54)n3)c2)cc1.c1ccc(-c2cccc(-c3nc(-c4cccc(-c5ccccc5)c4)nc(-n4c5cc(-c6ccccc6)ccc5c5ccc6c7ccccc7oc6c54)n3)c2)cc1. The van der Waals surface area contributed by atoms with Gasteiger partial charge < -0.3 is 8.83 Å². The molecule has 0 atom stereocenters. The number of rotatable bonds is 12. The molecule has 0 aliphatic carbocycles. The van der Waals surface area contributed by atoms with E-state index in [1.54, 1.807) is 0 Å². The van der Waals surface area contributed by atoms with Gasteiger partial charge in [-0.15, -0.1) is 0 Å². The molecule has 0 saturated heterocycles. The van der Waals surface area contributed by atoms with Gasteiger partial charge in [0.15, 0.2) is 34.5 Å². The number of para-hydroxylation sites is 3. The van der Waals surface area contributed by atoms with Gasteiger partial charge in [-0.1, -0.05) is 334 Å². The first kappa shape index (κ1) is 65.1. The molecule has 0 N–H and O–H groups in total. The molecule has 10 heteroatoms. The summed E-state index contributed by atoms with van der Waals surface area (Å²) < 4.78 is 17.9. The number of furan rings is 2. The van der Waals surface area contributed by atoms with Crippen molar-refractivity contribution in [2.45, 2.75) is 0 Å². The molecule has 16 aromatic carbocycles. The highest BCUT2D eigenvalue weighted by Gasteiger charge is 2.27. The third-order valence-corrected chi connectivity index (χ3v) is 21.3. The first-order chi connectivity index (χ1) is 55.5. The molecule has 0 fully saturated rings. The van der Waals surface area contributed by atoms with E-state index in [-0.39, 0.29) is 0 Å². The van der Waals surface area contributed by atoms with E-state index >= 15 is 0 Å². The van der Waals surface area contributed by atoms with E-state index in [1.165, 1.54) is 0 Å². The van der Waals surface area contributed by atoms with Crippen LogP contribution < -0.4 is 0 Å². The quantitative estimate of drug-likeness (QED) is 0.119. The van der Waals surface area contributed by atoms with Crippen LogP contribution in [0.15, 0.2) is 397 Å². The molecule has 112 heavy (non-hydrogen) atoms. The summed E-state index contributed by atoms with van der Waals surface area (Å²) in [6, 6.07) is 135. The lowest BCUT2D eigenvalue weighted by Crippen LogP contribution is -2.07. The molecule has 524 valence electrons. The van der Waals surface area contributed by atoms with Crippen LogP contribution in [0.4, 0.5) is 0 Å². The number of benzene rings is 16. The summed E-state index contributed by atoms with van der Waals surface area (Å²) in [5, 5.41) is 8.51. The van der Waals surface area contributed by atoms with Crippen LogP contribution in [0.1, 0.15) is 0 Å². The predicted octanol–water partition coefficient (Wildman–Crippen LogP) is 26.4. The van der Waals surface area contributed by atoms with Crippen molar-refractivity contribution in [3.05, 3.63) is 388 Å². The second-order valence-corrected chi connectivity index (χ2v) is 28.1. The Bertz CT molecular complexity index is 7160. The summed E-state index contributed by atoms with van der Waals surface area (Å²) >= 11 is 0. The summed E-state index contributed by atoms with van der Waals surface area (Å²) in [6.07, 6.45) is 0. The van der Waals surface area contributed by atoms with Gasteiger partial charge in [-0.25, -0.2) is 9.97 Å². The van der Waals surface area contributed by atoms with Gasteiger partial charge in [0.2, 0.25) is 11.9 Å². The average molecular weight is 1430 g/mol. The third-order valence-electron chi connectivity index (χ3n) is 21.3. The van der Waals surface area contributed by atoms with Crippen LogP contribution in [0.25, 0.3) is 212 Å². The number of hydrogen-bond acceptors (Lipinski definition) is 8. The van der Waals surface area contributed by atoms with E-state index in [0.29, 0.717) is 35.2 Å². The number of hydrogen-bond donors (Lipinski definition) is 0. The molecule has 0 bridgehead atoms. The zero-order chi connectivity index (χ0) is 74.0. The summed E-state index contributed by atoms with van der Waals surface area (Å²) in [7, 11) is 0. The Morgan fingerprint density at radius 2 is 0.464 bits per heavy atom. The molecular formula is C102H64N8O2. The van der Waals surface area contributed by atoms with Gasteiger partial charge in [0.25, 0.3) is 0 Å². The molecule has 6 aromatic heterocycles. The van der Waals surface area contributed by atoms with Crippen molar-refractivity contribution in [3.63, 3.8) is 0 Å². The molecule has 6 heterocycles. The highest BCUT2D eigenvalue weighted by atomic mass is 16.3. The average Bonchev–Trinajstić information content (AvgIpc) is 1.56. The summed E-state index contributed by atoms with van der Waals surface area (Å²) in [6.45, 7) is 0. The fourth-order valence-corrected chi connectivity index (χ4v) is 16.0. The highest BCUT2D eigenvalue weighted by Crippen LogP contribution is 2.46. The first-order valence-electron chi connectivity index (χ1n) is 37.5. The van der Waals surface area contributed by atoms with Crippen molar-refractivity contribution in [2.24, 2.45) is 0 Å². The fraction of sp³-hybridized carbons (Fsp3) is 0. The number of nitrogens with zero attached hydrogens (tertiary/aromatic N) is 8. The lowest BCUT2D eigenvalue weighted by Gasteiger charge is -2.14. The predicted molar refractivity (Wildman–Crippen MR) is 457 cm³/mol. The summed E-state index contributed by atoms with van der Waals surface area (Å²) in [5.74, 6) is 3.35. The van der Waals surface area contributed by atoms with E-state index in [0.717, 1.165) is 177 Å². The van der Waals surface area contributed by atoms with Crippen molar-refractivity contribution >= 4 is 87.5 Å². The maximum absolute atomic E-state index is 6.77. The molecule has 0 aliphatic rings. The zero-order valence-corrected chi connectivity index (χ0v) is 60.3. The molecule has 0 saturated carbocycles. The van der Waals surface area contributed by atoms with Crippen LogP contribution in [0.2, 0.25) is 0 Å². The largest absolute Gasteiger partial charge is 0.454 e. The van der Waals surface area contributed by atoms with Crippen molar-refractivity contribution in [3.8, 4) is 124 Å². The van der Waals surface area contributed by atoms with Crippen molar-refractivity contribution < 1.29 is 8.83 Å². The van der Waals surface area contributed by atoms with E-state index in [4.69, 9.17) is 38.7 Å². The van der Waals surface area contributed by atoms with Crippen LogP contribution in [-0.4, -0.2) is 39.0 Å². The van der Waals surface area contributed by atoms with Gasteiger partial charge in [0, 0.05) is 70.9 Å². The van der Waals surface area contributed by atoms with Crippen LogP contribution in [0.3, 0.4) is 0 Å². The van der Waals surface area contributed by atoms with Gasteiger partial charge in [0.1, 0.15) is 22.2 Å². The Kier molecular flexibility index (Phi) is 16.0. The summed E-state index contributed by atoms with van der Waals surface area (Å²) in [5.41, 5.74) is 23.9. The van der Waals surface area contributed by atoms with E-state index < -0.39 is 0 Å². The molecule has 22 aromatic rings. The van der Waals surface area contributed by atoms with E-state index in [9.17, 15) is 0 Å². The maximum Gasteiger partial charge on any atom is 0.238 e. The molecule has 0 unspecified atom stereocenters. The zero-order valence-electron chi connectivity index (χ0n) is 60.3. The Labute approximate surface area is 643 Å². The third kappa shape index (κ3) is 11.6. The van der Waals surface area contributed by atoms with Crippen molar-refractivity contribution in [1.82, 2.24) is 39.0 Å². The van der Waals surface area contributed by atoms with Gasteiger partial charge in [-0.05, 0) is 116 Å². The minimum absolute atomic E-state index is 0.511. The molecule has 0 amide bonds. The van der Waals surface area contributed by atoms with Crippen LogP contribution in [0, 0.1) is 0 Å². The lowest BCUT2D eigenvalue weighted by atomic mass is 10.0. The highest BCUT2D eigenvalue weighted by molar-refractivity contribution is 6.24. The molecule has 22 rings (SSSR count). The minimum Gasteiger partial charge on any atom is -0.454 e. The van der Waals surface area contributed by atoms with Gasteiger partial charge in [-0.2, -0.15) is 19.9 Å². The minimum atomic E-state index is 0.511. The topological polar surface area (TPSA) is 113 Å². The second kappa shape index (κ2) is 27.5. The number of aromatic nitrogens is 8.